The number of carbonyl (C=O) groups is 1. The summed E-state index contributed by atoms with van der Waals surface area (Å²) in [5, 5.41) is 2.55. The lowest BCUT2D eigenvalue weighted by molar-refractivity contribution is -0.131. The van der Waals surface area contributed by atoms with E-state index in [1.807, 2.05) is 0 Å². The van der Waals surface area contributed by atoms with E-state index in [9.17, 15) is 13.6 Å². The smallest absolute Gasteiger partial charge is 0.419 e. The van der Waals surface area contributed by atoms with Gasteiger partial charge in [-0.1, -0.05) is 18.7 Å². The van der Waals surface area contributed by atoms with Gasteiger partial charge in [0.1, 0.15) is 5.75 Å². The molecular formula is C12H13F2NO2. The van der Waals surface area contributed by atoms with Crippen LogP contribution in [-0.2, 0) is 4.79 Å². The summed E-state index contributed by atoms with van der Waals surface area (Å²) < 4.78 is 30.0. The molecule has 1 unspecified atom stereocenters. The third-order valence-electron chi connectivity index (χ3n) is 2.19. The molecule has 0 aliphatic rings. The lowest BCUT2D eigenvalue weighted by Gasteiger charge is -2.15. The summed E-state index contributed by atoms with van der Waals surface area (Å²) in [7, 11) is 0. The predicted octanol–water partition coefficient (Wildman–Crippen LogP) is 2.65. The molecule has 0 saturated heterocycles. The third-order valence-corrected chi connectivity index (χ3v) is 2.19. The minimum Gasteiger partial charge on any atom is -0.429 e. The standard InChI is InChI=1S/C12H13F2NO2/c1-3-12(13,14)17-11-6-4-10(5-7-11)9(2)15-8-16/h3-9H,1H2,2H3,(H,15,16). The first-order valence-electron chi connectivity index (χ1n) is 4.98. The first-order chi connectivity index (χ1) is 7.98. The summed E-state index contributed by atoms with van der Waals surface area (Å²) in [6.45, 7) is 4.76. The Hall–Kier alpha value is -1.91. The number of nitrogens with one attached hydrogen (secondary N) is 1. The van der Waals surface area contributed by atoms with E-state index >= 15 is 0 Å². The molecule has 1 N–H and O–H groups in total. The maximum atomic E-state index is 12.8. The molecule has 5 heteroatoms. The maximum absolute atomic E-state index is 12.8. The number of alkyl halides is 2. The summed E-state index contributed by atoms with van der Waals surface area (Å²) in [6, 6.07) is 5.86. The summed E-state index contributed by atoms with van der Waals surface area (Å²) in [6.07, 6.45) is -2.37. The second kappa shape index (κ2) is 5.43. The number of hydrogen-bond acceptors (Lipinski definition) is 2. The summed E-state index contributed by atoms with van der Waals surface area (Å²) in [5.41, 5.74) is 0.798. The minimum atomic E-state index is -3.38. The molecule has 0 aliphatic heterocycles. The van der Waals surface area contributed by atoms with Crippen LogP contribution >= 0.6 is 0 Å². The molecule has 92 valence electrons. The van der Waals surface area contributed by atoms with Gasteiger partial charge < -0.3 is 10.1 Å². The molecule has 0 bridgehead atoms. The van der Waals surface area contributed by atoms with Crippen LogP contribution in [0.2, 0.25) is 0 Å². The lowest BCUT2D eigenvalue weighted by atomic mass is 10.1. The topological polar surface area (TPSA) is 38.3 Å². The average Bonchev–Trinajstić information content (AvgIpc) is 2.30. The fourth-order valence-electron chi connectivity index (χ4n) is 1.22. The van der Waals surface area contributed by atoms with Crippen molar-refractivity contribution in [3.8, 4) is 5.75 Å². The fourth-order valence-corrected chi connectivity index (χ4v) is 1.22. The highest BCUT2D eigenvalue weighted by Crippen LogP contribution is 2.23. The summed E-state index contributed by atoms with van der Waals surface area (Å²) in [4.78, 5) is 10.2. The van der Waals surface area contributed by atoms with Crippen molar-refractivity contribution in [3.05, 3.63) is 42.5 Å². The Kier molecular flexibility index (Phi) is 4.20. The van der Waals surface area contributed by atoms with Crippen LogP contribution < -0.4 is 10.1 Å². The molecule has 0 heterocycles. The van der Waals surface area contributed by atoms with E-state index in [4.69, 9.17) is 0 Å². The van der Waals surface area contributed by atoms with Gasteiger partial charge in [0, 0.05) is 6.08 Å². The summed E-state index contributed by atoms with van der Waals surface area (Å²) >= 11 is 0. The van der Waals surface area contributed by atoms with Crippen molar-refractivity contribution in [2.24, 2.45) is 0 Å². The number of amides is 1. The van der Waals surface area contributed by atoms with Crippen molar-refractivity contribution >= 4 is 6.41 Å². The quantitative estimate of drug-likeness (QED) is 0.614. The van der Waals surface area contributed by atoms with Gasteiger partial charge in [-0.05, 0) is 24.6 Å². The molecular weight excluding hydrogens is 228 g/mol. The van der Waals surface area contributed by atoms with Crippen molar-refractivity contribution in [2.75, 3.05) is 0 Å². The molecule has 17 heavy (non-hydrogen) atoms. The van der Waals surface area contributed by atoms with Crippen molar-refractivity contribution in [2.45, 2.75) is 19.1 Å². The van der Waals surface area contributed by atoms with E-state index in [0.29, 0.717) is 12.5 Å². The van der Waals surface area contributed by atoms with Crippen LogP contribution in [0.15, 0.2) is 36.9 Å². The largest absolute Gasteiger partial charge is 0.429 e. The molecule has 1 atom stereocenters. The van der Waals surface area contributed by atoms with E-state index in [2.05, 4.69) is 16.6 Å². The highest BCUT2D eigenvalue weighted by Gasteiger charge is 2.26. The molecule has 1 amide bonds. The lowest BCUT2D eigenvalue weighted by Crippen LogP contribution is -2.21. The number of rotatable bonds is 6. The molecule has 0 spiro atoms. The highest BCUT2D eigenvalue weighted by atomic mass is 19.3. The first-order valence-corrected chi connectivity index (χ1v) is 4.98. The Morgan fingerprint density at radius 3 is 2.47 bits per heavy atom. The molecule has 1 aromatic carbocycles. The predicted molar refractivity (Wildman–Crippen MR) is 59.8 cm³/mol. The Bertz CT molecular complexity index is 390. The van der Waals surface area contributed by atoms with Gasteiger partial charge in [0.05, 0.1) is 6.04 Å². The van der Waals surface area contributed by atoms with Crippen LogP contribution in [0.1, 0.15) is 18.5 Å². The van der Waals surface area contributed by atoms with Crippen LogP contribution in [-0.4, -0.2) is 12.5 Å². The third kappa shape index (κ3) is 3.86. The van der Waals surface area contributed by atoms with E-state index < -0.39 is 6.11 Å². The van der Waals surface area contributed by atoms with E-state index in [1.54, 1.807) is 19.1 Å². The molecule has 0 fully saturated rings. The van der Waals surface area contributed by atoms with Crippen molar-refractivity contribution in [1.82, 2.24) is 5.32 Å². The highest BCUT2D eigenvalue weighted by molar-refractivity contribution is 5.47. The molecule has 1 rings (SSSR count). The van der Waals surface area contributed by atoms with Crippen LogP contribution in [0, 0.1) is 0 Å². The Labute approximate surface area is 98.1 Å². The Morgan fingerprint density at radius 1 is 1.41 bits per heavy atom. The fraction of sp³-hybridized carbons (Fsp3) is 0.250. The Morgan fingerprint density at radius 2 is 2.00 bits per heavy atom. The molecule has 1 aromatic rings. The minimum absolute atomic E-state index is 0.0388. The first kappa shape index (κ1) is 13.2. The normalized spacial score (nSPS) is 12.6. The van der Waals surface area contributed by atoms with Gasteiger partial charge >= 0.3 is 6.11 Å². The van der Waals surface area contributed by atoms with Gasteiger partial charge in [-0.15, -0.1) is 0 Å². The zero-order valence-corrected chi connectivity index (χ0v) is 9.32. The van der Waals surface area contributed by atoms with Gasteiger partial charge in [-0.3, -0.25) is 4.79 Å². The van der Waals surface area contributed by atoms with Crippen LogP contribution in [0.3, 0.4) is 0 Å². The van der Waals surface area contributed by atoms with Gasteiger partial charge in [-0.25, -0.2) is 0 Å². The molecule has 3 nitrogen and oxygen atoms in total. The number of benzene rings is 1. The van der Waals surface area contributed by atoms with E-state index in [1.165, 1.54) is 12.1 Å². The SMILES string of the molecule is C=CC(F)(F)Oc1ccc(C(C)NC=O)cc1. The second-order valence-electron chi connectivity index (χ2n) is 3.44. The van der Waals surface area contributed by atoms with Gasteiger partial charge in [0.15, 0.2) is 0 Å². The number of halogens is 2. The number of ether oxygens (including phenoxy) is 1. The van der Waals surface area contributed by atoms with Crippen LogP contribution in [0.5, 0.6) is 5.75 Å². The Balaban J connectivity index is 2.74. The van der Waals surface area contributed by atoms with Crippen LogP contribution in [0.25, 0.3) is 0 Å². The number of carbonyl (C=O) groups excluding carboxylic acids is 1. The molecule has 0 radical (unpaired) electrons. The van der Waals surface area contributed by atoms with Crippen molar-refractivity contribution < 1.29 is 18.3 Å². The molecule has 0 aliphatic carbocycles. The van der Waals surface area contributed by atoms with Gasteiger partial charge in [-0.2, -0.15) is 8.78 Å². The molecule has 0 saturated carbocycles. The molecule has 0 aromatic heterocycles. The van der Waals surface area contributed by atoms with Crippen molar-refractivity contribution in [3.63, 3.8) is 0 Å². The zero-order chi connectivity index (χ0) is 12.9. The van der Waals surface area contributed by atoms with Gasteiger partial charge in [0.25, 0.3) is 0 Å². The number of hydrogen-bond donors (Lipinski definition) is 1. The van der Waals surface area contributed by atoms with E-state index in [-0.39, 0.29) is 11.8 Å². The second-order valence-corrected chi connectivity index (χ2v) is 3.44. The van der Waals surface area contributed by atoms with Crippen molar-refractivity contribution in [1.29, 1.82) is 0 Å². The van der Waals surface area contributed by atoms with E-state index in [0.717, 1.165) is 5.56 Å². The van der Waals surface area contributed by atoms with Crippen LogP contribution in [0.4, 0.5) is 8.78 Å². The zero-order valence-electron chi connectivity index (χ0n) is 9.32. The summed E-state index contributed by atoms with van der Waals surface area (Å²) in [5.74, 6) is 0.0388. The maximum Gasteiger partial charge on any atom is 0.419 e. The average molecular weight is 241 g/mol. The van der Waals surface area contributed by atoms with Gasteiger partial charge in [0.2, 0.25) is 6.41 Å². The monoisotopic (exact) mass is 241 g/mol.